The maximum absolute atomic E-state index is 13.0. The molecule has 0 saturated heterocycles. The molecule has 0 amide bonds. The number of hydrogen-bond donors (Lipinski definition) is 0. The molecule has 0 aliphatic rings. The number of hydrogen-bond acceptors (Lipinski definition) is 5. The molecule has 37 heavy (non-hydrogen) atoms. The van der Waals surface area contributed by atoms with E-state index >= 15 is 0 Å². The molecule has 0 N–H and O–H groups in total. The molecular formula is C20H6Cl12O5. The molecule has 0 heterocycles. The third kappa shape index (κ3) is 8.22. The summed E-state index contributed by atoms with van der Waals surface area (Å²) in [5.41, 5.74) is -2.33. The molecule has 2 aromatic rings. The number of halogens is 12. The van der Waals surface area contributed by atoms with E-state index < -0.39 is 72.1 Å². The lowest BCUT2D eigenvalue weighted by molar-refractivity contribution is 0.0959. The maximum atomic E-state index is 13.0. The first-order chi connectivity index (χ1) is 16.6. The highest BCUT2D eigenvalue weighted by atomic mass is 35.6. The van der Waals surface area contributed by atoms with Gasteiger partial charge in [0.05, 0.1) is 11.1 Å². The molecule has 0 radical (unpaired) electrons. The Labute approximate surface area is 269 Å². The predicted molar refractivity (Wildman–Crippen MR) is 151 cm³/mol. The van der Waals surface area contributed by atoms with Crippen LogP contribution in [0.3, 0.4) is 0 Å². The average molecular weight is 752 g/mol. The molecule has 0 aliphatic carbocycles. The summed E-state index contributed by atoms with van der Waals surface area (Å²) in [4.78, 5) is 51.6. The molecule has 0 unspecified atom stereocenters. The quantitative estimate of drug-likeness (QED) is 0.217. The monoisotopic (exact) mass is 746 g/mol. The highest BCUT2D eigenvalue weighted by molar-refractivity contribution is 6.80. The highest BCUT2D eigenvalue weighted by Gasteiger charge is 2.43. The second-order valence-electron chi connectivity index (χ2n) is 6.77. The number of Topliss-reactive ketones (excluding diaryl/α,β-unsaturated/α-hetero) is 4. The zero-order valence-electron chi connectivity index (χ0n) is 17.0. The molecule has 0 atom stereocenters. The van der Waals surface area contributed by atoms with Crippen LogP contribution in [0.4, 0.5) is 0 Å². The maximum Gasteiger partial charge on any atom is 0.253 e. The number of carbonyl (C=O) groups excluding carboxylic acids is 4. The normalized spacial score (nSPS) is 12.8. The standard InChI is InChI=1S/C20H6Cl12O5/c21-17(22,23)13(33)7-3-1-5-9(11(7)15(35)19(27,28)29)37-10-6-2-4-8(14(34)18(24,25)26)12(10)16(36)20(30,31)32/h1-6H. The second-order valence-corrected chi connectivity index (χ2v) is 15.9. The van der Waals surface area contributed by atoms with E-state index in [-0.39, 0.29) is 0 Å². The molecule has 5 nitrogen and oxygen atoms in total. The van der Waals surface area contributed by atoms with Crippen molar-refractivity contribution in [2.75, 3.05) is 0 Å². The molecule has 0 saturated carbocycles. The van der Waals surface area contributed by atoms with Gasteiger partial charge in [-0.25, -0.2) is 0 Å². The molecule has 0 aliphatic heterocycles. The average Bonchev–Trinajstić information content (AvgIpc) is 2.74. The van der Waals surface area contributed by atoms with Crippen molar-refractivity contribution in [3.05, 3.63) is 58.7 Å². The number of ether oxygens (including phenoxy) is 1. The lowest BCUT2D eigenvalue weighted by atomic mass is 9.98. The van der Waals surface area contributed by atoms with E-state index in [1.807, 2.05) is 0 Å². The molecular weight excluding hydrogens is 746 g/mol. The minimum absolute atomic E-state index is 0.478. The Balaban J connectivity index is 2.90. The highest BCUT2D eigenvalue weighted by Crippen LogP contribution is 2.43. The third-order valence-corrected chi connectivity index (χ3v) is 6.31. The zero-order chi connectivity index (χ0) is 28.7. The Kier molecular flexibility index (Phi) is 11.0. The lowest BCUT2D eigenvalue weighted by Gasteiger charge is -2.22. The van der Waals surface area contributed by atoms with E-state index in [9.17, 15) is 19.2 Å². The Morgan fingerprint density at radius 1 is 0.459 bits per heavy atom. The van der Waals surface area contributed by atoms with Crippen LogP contribution in [0.25, 0.3) is 0 Å². The van der Waals surface area contributed by atoms with E-state index in [0.717, 1.165) is 24.3 Å². The van der Waals surface area contributed by atoms with Crippen molar-refractivity contribution in [3.8, 4) is 11.5 Å². The van der Waals surface area contributed by atoms with Gasteiger partial charge in [0.15, 0.2) is 0 Å². The van der Waals surface area contributed by atoms with E-state index in [0.29, 0.717) is 0 Å². The summed E-state index contributed by atoms with van der Waals surface area (Å²) in [5.74, 6) is -5.86. The van der Waals surface area contributed by atoms with Gasteiger partial charge in [-0.3, -0.25) is 19.2 Å². The van der Waals surface area contributed by atoms with Crippen molar-refractivity contribution in [3.63, 3.8) is 0 Å². The summed E-state index contributed by atoms with van der Waals surface area (Å²) in [6.07, 6.45) is 0. The molecule has 0 aromatic heterocycles. The van der Waals surface area contributed by atoms with E-state index in [1.165, 1.54) is 12.1 Å². The van der Waals surface area contributed by atoms with Gasteiger partial charge < -0.3 is 4.74 Å². The minimum atomic E-state index is -2.62. The SMILES string of the molecule is O=C(c1cccc(Oc2cccc(C(=O)C(Cl)(Cl)Cl)c2C(=O)C(Cl)(Cl)Cl)c1C(=O)C(Cl)(Cl)Cl)C(Cl)(Cl)Cl. The van der Waals surface area contributed by atoms with Crippen molar-refractivity contribution < 1.29 is 23.9 Å². The van der Waals surface area contributed by atoms with Gasteiger partial charge in [-0.1, -0.05) is 163 Å². The number of ketones is 4. The molecule has 0 spiro atoms. The first kappa shape index (κ1) is 33.6. The van der Waals surface area contributed by atoms with Crippen molar-refractivity contribution in [1.82, 2.24) is 0 Å². The fraction of sp³-hybridized carbons (Fsp3) is 0.200. The van der Waals surface area contributed by atoms with Crippen molar-refractivity contribution in [2.45, 2.75) is 15.2 Å². The Bertz CT molecular complexity index is 1170. The number of carbonyl (C=O) groups is 4. The fourth-order valence-electron chi connectivity index (χ4n) is 2.79. The van der Waals surface area contributed by atoms with Crippen LogP contribution in [0.5, 0.6) is 11.5 Å². The van der Waals surface area contributed by atoms with Gasteiger partial charge in [0.1, 0.15) is 11.5 Å². The van der Waals surface area contributed by atoms with Crippen molar-refractivity contribution >= 4 is 162 Å². The summed E-state index contributed by atoms with van der Waals surface area (Å²) < 4.78 is -4.58. The molecule has 17 heteroatoms. The van der Waals surface area contributed by atoms with Crippen LogP contribution >= 0.6 is 139 Å². The number of rotatable bonds is 6. The molecule has 200 valence electrons. The Morgan fingerprint density at radius 2 is 0.730 bits per heavy atom. The molecule has 2 aromatic carbocycles. The number of benzene rings is 2. The van der Waals surface area contributed by atoms with Gasteiger partial charge in [-0.2, -0.15) is 0 Å². The van der Waals surface area contributed by atoms with E-state index in [4.69, 9.17) is 144 Å². The molecule has 0 bridgehead atoms. The van der Waals surface area contributed by atoms with Gasteiger partial charge in [-0.15, -0.1) is 0 Å². The van der Waals surface area contributed by atoms with Gasteiger partial charge in [-0.05, 0) is 12.1 Å². The zero-order valence-corrected chi connectivity index (χ0v) is 26.1. The second kappa shape index (κ2) is 12.1. The van der Waals surface area contributed by atoms with E-state index in [1.54, 1.807) is 0 Å². The smallest absolute Gasteiger partial charge is 0.253 e. The van der Waals surface area contributed by atoms with Crippen molar-refractivity contribution in [2.24, 2.45) is 0 Å². The lowest BCUT2D eigenvalue weighted by Crippen LogP contribution is -2.28. The fourth-order valence-corrected chi connectivity index (χ4v) is 3.96. The number of alkyl halides is 12. The van der Waals surface area contributed by atoms with Crippen LogP contribution in [0, 0.1) is 0 Å². The van der Waals surface area contributed by atoms with Crippen LogP contribution in [0.1, 0.15) is 41.4 Å². The largest absolute Gasteiger partial charge is 0.456 e. The summed E-state index contributed by atoms with van der Waals surface area (Å²) in [6.45, 7) is 0. The van der Waals surface area contributed by atoms with Crippen LogP contribution in [-0.2, 0) is 0 Å². The topological polar surface area (TPSA) is 77.5 Å². The van der Waals surface area contributed by atoms with Gasteiger partial charge in [0.2, 0.25) is 23.1 Å². The van der Waals surface area contributed by atoms with Crippen LogP contribution in [0.2, 0.25) is 0 Å². The third-order valence-electron chi connectivity index (χ3n) is 4.25. The summed E-state index contributed by atoms with van der Waals surface area (Å²) in [7, 11) is 0. The first-order valence-corrected chi connectivity index (χ1v) is 13.5. The van der Waals surface area contributed by atoms with Gasteiger partial charge in [0.25, 0.3) is 15.2 Å². The molecule has 0 fully saturated rings. The minimum Gasteiger partial charge on any atom is -0.456 e. The summed E-state index contributed by atoms with van der Waals surface area (Å²) >= 11 is 68.8. The van der Waals surface area contributed by atoms with Crippen LogP contribution in [-0.4, -0.2) is 38.3 Å². The predicted octanol–water partition coefficient (Wildman–Crippen LogP) is 9.69. The van der Waals surface area contributed by atoms with Gasteiger partial charge >= 0.3 is 0 Å². The first-order valence-electron chi connectivity index (χ1n) is 8.98. The molecule has 2 rings (SSSR count). The summed E-state index contributed by atoms with van der Waals surface area (Å²) in [5, 5.41) is 0. The van der Waals surface area contributed by atoms with Crippen LogP contribution < -0.4 is 4.74 Å². The Morgan fingerprint density at radius 3 is 0.973 bits per heavy atom. The van der Waals surface area contributed by atoms with Crippen LogP contribution in [0.15, 0.2) is 36.4 Å². The van der Waals surface area contributed by atoms with Crippen molar-refractivity contribution in [1.29, 1.82) is 0 Å². The van der Waals surface area contributed by atoms with E-state index in [2.05, 4.69) is 0 Å². The Hall–Kier alpha value is 0.400. The van der Waals surface area contributed by atoms with Gasteiger partial charge in [0, 0.05) is 11.1 Å². The summed E-state index contributed by atoms with van der Waals surface area (Å²) in [6, 6.07) is 6.92.